The minimum Gasteiger partial charge on any atom is -0.481 e. The van der Waals surface area contributed by atoms with Crippen LogP contribution in [-0.4, -0.2) is 36.9 Å². The molecule has 0 aliphatic carbocycles. The highest BCUT2D eigenvalue weighted by Gasteiger charge is 2.30. The SMILES string of the molecule is O=C(O)Cc1cccc(S(=O)(=O)N2CCC(c3ccc(Cl)cc3)CC2)c1. The predicted octanol–water partition coefficient (Wildman–Crippen LogP) is 3.54. The standard InChI is InChI=1S/C19H20ClNO4S/c20-17-6-4-15(5-7-17)16-8-10-21(11-9-16)26(24,25)18-3-1-2-14(12-18)13-19(22)23/h1-7,12,16H,8-11,13H2,(H,22,23). The Morgan fingerprint density at radius 1 is 1.12 bits per heavy atom. The maximum absolute atomic E-state index is 12.9. The van der Waals surface area contributed by atoms with Crippen molar-refractivity contribution < 1.29 is 18.3 Å². The summed E-state index contributed by atoms with van der Waals surface area (Å²) in [4.78, 5) is 11.0. The van der Waals surface area contributed by atoms with E-state index in [0.717, 1.165) is 12.8 Å². The number of carboxylic acid groups (broad SMARTS) is 1. The van der Waals surface area contributed by atoms with Gasteiger partial charge in [0.15, 0.2) is 0 Å². The first-order chi connectivity index (χ1) is 12.4. The molecule has 0 spiro atoms. The van der Waals surface area contributed by atoms with Crippen LogP contribution in [0.25, 0.3) is 0 Å². The lowest BCUT2D eigenvalue weighted by molar-refractivity contribution is -0.136. The molecular weight excluding hydrogens is 374 g/mol. The molecule has 0 aromatic heterocycles. The van der Waals surface area contributed by atoms with Gasteiger partial charge in [-0.3, -0.25) is 4.79 Å². The number of aliphatic carboxylic acids is 1. The molecule has 1 N–H and O–H groups in total. The topological polar surface area (TPSA) is 74.7 Å². The van der Waals surface area contributed by atoms with Gasteiger partial charge in [-0.1, -0.05) is 35.9 Å². The Balaban J connectivity index is 1.71. The van der Waals surface area contributed by atoms with Crippen LogP contribution >= 0.6 is 11.6 Å². The summed E-state index contributed by atoms with van der Waals surface area (Å²) < 4.78 is 27.2. The zero-order valence-corrected chi connectivity index (χ0v) is 15.7. The molecule has 0 bridgehead atoms. The zero-order valence-electron chi connectivity index (χ0n) is 14.1. The lowest BCUT2D eigenvalue weighted by Gasteiger charge is -2.31. The second kappa shape index (κ2) is 7.78. The number of hydrogen-bond donors (Lipinski definition) is 1. The molecule has 2 aromatic rings. The zero-order chi connectivity index (χ0) is 18.7. The number of nitrogens with zero attached hydrogens (tertiary/aromatic N) is 1. The van der Waals surface area contributed by atoms with E-state index in [0.29, 0.717) is 29.6 Å². The minimum absolute atomic E-state index is 0.154. The van der Waals surface area contributed by atoms with Crippen LogP contribution < -0.4 is 0 Å². The first-order valence-corrected chi connectivity index (χ1v) is 10.2. The molecule has 0 radical (unpaired) electrons. The van der Waals surface area contributed by atoms with Gasteiger partial charge in [-0.05, 0) is 54.2 Å². The van der Waals surface area contributed by atoms with E-state index in [4.69, 9.17) is 16.7 Å². The Morgan fingerprint density at radius 2 is 1.77 bits per heavy atom. The maximum Gasteiger partial charge on any atom is 0.307 e. The molecule has 1 aliphatic heterocycles. The third-order valence-corrected chi connectivity index (χ3v) is 6.83. The van der Waals surface area contributed by atoms with E-state index >= 15 is 0 Å². The van der Waals surface area contributed by atoms with Crippen molar-refractivity contribution in [1.82, 2.24) is 4.31 Å². The number of carboxylic acids is 1. The molecule has 0 atom stereocenters. The quantitative estimate of drug-likeness (QED) is 0.843. The first-order valence-electron chi connectivity index (χ1n) is 8.42. The molecule has 0 amide bonds. The molecular formula is C19H20ClNO4S. The van der Waals surface area contributed by atoms with Gasteiger partial charge in [-0.25, -0.2) is 8.42 Å². The molecule has 1 aliphatic rings. The first kappa shape index (κ1) is 18.9. The molecule has 1 fully saturated rings. The predicted molar refractivity (Wildman–Crippen MR) is 100.0 cm³/mol. The van der Waals surface area contributed by atoms with Gasteiger partial charge in [0.2, 0.25) is 10.0 Å². The average Bonchev–Trinajstić information content (AvgIpc) is 2.62. The smallest absolute Gasteiger partial charge is 0.307 e. The monoisotopic (exact) mass is 393 g/mol. The second-order valence-electron chi connectivity index (χ2n) is 6.45. The molecule has 1 heterocycles. The Bertz CT molecular complexity index is 888. The Labute approximate surface area is 158 Å². The molecule has 7 heteroatoms. The van der Waals surface area contributed by atoms with E-state index in [1.807, 2.05) is 24.3 Å². The van der Waals surface area contributed by atoms with Crippen LogP contribution in [0.1, 0.15) is 29.9 Å². The van der Waals surface area contributed by atoms with Crippen molar-refractivity contribution in [2.75, 3.05) is 13.1 Å². The summed E-state index contributed by atoms with van der Waals surface area (Å²) in [5.74, 6) is -0.666. The summed E-state index contributed by atoms with van der Waals surface area (Å²) >= 11 is 5.92. The number of carbonyl (C=O) groups is 1. The van der Waals surface area contributed by atoms with Crippen LogP contribution in [0.15, 0.2) is 53.4 Å². The average molecular weight is 394 g/mol. The summed E-state index contributed by atoms with van der Waals surface area (Å²) in [5.41, 5.74) is 1.66. The van der Waals surface area contributed by atoms with E-state index in [9.17, 15) is 13.2 Å². The molecule has 1 saturated heterocycles. The second-order valence-corrected chi connectivity index (χ2v) is 8.82. The molecule has 138 valence electrons. The van der Waals surface area contributed by atoms with Crippen molar-refractivity contribution in [3.8, 4) is 0 Å². The number of halogens is 1. The Kier molecular flexibility index (Phi) is 5.65. The maximum atomic E-state index is 12.9. The van der Waals surface area contributed by atoms with Crippen LogP contribution in [0.3, 0.4) is 0 Å². The van der Waals surface area contributed by atoms with Crippen molar-refractivity contribution in [2.24, 2.45) is 0 Å². The van der Waals surface area contributed by atoms with Gasteiger partial charge >= 0.3 is 5.97 Å². The van der Waals surface area contributed by atoms with Gasteiger partial charge in [0.25, 0.3) is 0 Å². The molecule has 0 saturated carbocycles. The minimum atomic E-state index is -3.61. The summed E-state index contributed by atoms with van der Waals surface area (Å²) in [6.45, 7) is 0.886. The number of hydrogen-bond acceptors (Lipinski definition) is 3. The van der Waals surface area contributed by atoms with Crippen LogP contribution in [0.4, 0.5) is 0 Å². The molecule has 3 rings (SSSR count). The highest BCUT2D eigenvalue weighted by molar-refractivity contribution is 7.89. The highest BCUT2D eigenvalue weighted by Crippen LogP contribution is 2.31. The Morgan fingerprint density at radius 3 is 2.38 bits per heavy atom. The molecule has 2 aromatic carbocycles. The van der Waals surface area contributed by atoms with Gasteiger partial charge in [0.1, 0.15) is 0 Å². The van der Waals surface area contributed by atoms with E-state index in [1.54, 1.807) is 12.1 Å². The number of piperidine rings is 1. The van der Waals surface area contributed by atoms with Gasteiger partial charge in [-0.2, -0.15) is 4.31 Å². The van der Waals surface area contributed by atoms with Crippen LogP contribution in [-0.2, 0) is 21.2 Å². The largest absolute Gasteiger partial charge is 0.481 e. The van der Waals surface area contributed by atoms with Crippen molar-refractivity contribution in [1.29, 1.82) is 0 Å². The van der Waals surface area contributed by atoms with Gasteiger partial charge in [0, 0.05) is 18.1 Å². The summed E-state index contributed by atoms with van der Waals surface area (Å²) in [5, 5.41) is 9.59. The normalized spacial score (nSPS) is 16.5. The van der Waals surface area contributed by atoms with E-state index in [2.05, 4.69) is 0 Å². The lowest BCUT2D eigenvalue weighted by atomic mass is 9.90. The van der Waals surface area contributed by atoms with Gasteiger partial charge in [0.05, 0.1) is 11.3 Å². The summed E-state index contributed by atoms with van der Waals surface area (Å²) in [7, 11) is -3.61. The van der Waals surface area contributed by atoms with Crippen molar-refractivity contribution in [3.63, 3.8) is 0 Å². The van der Waals surface area contributed by atoms with Crippen molar-refractivity contribution in [2.45, 2.75) is 30.1 Å². The van der Waals surface area contributed by atoms with E-state index in [-0.39, 0.29) is 11.3 Å². The van der Waals surface area contributed by atoms with Crippen LogP contribution in [0.2, 0.25) is 5.02 Å². The third-order valence-electron chi connectivity index (χ3n) is 4.69. The molecule has 0 unspecified atom stereocenters. The van der Waals surface area contributed by atoms with E-state index < -0.39 is 16.0 Å². The van der Waals surface area contributed by atoms with Crippen LogP contribution in [0, 0.1) is 0 Å². The van der Waals surface area contributed by atoms with Gasteiger partial charge in [-0.15, -0.1) is 0 Å². The fraction of sp³-hybridized carbons (Fsp3) is 0.316. The molecule has 5 nitrogen and oxygen atoms in total. The highest BCUT2D eigenvalue weighted by atomic mass is 35.5. The number of sulfonamides is 1. The number of benzene rings is 2. The summed E-state index contributed by atoms with van der Waals surface area (Å²) in [6.07, 6.45) is 1.30. The third kappa shape index (κ3) is 4.26. The van der Waals surface area contributed by atoms with Gasteiger partial charge < -0.3 is 5.11 Å². The van der Waals surface area contributed by atoms with Crippen LogP contribution in [0.5, 0.6) is 0 Å². The summed E-state index contributed by atoms with van der Waals surface area (Å²) in [6, 6.07) is 13.9. The fourth-order valence-corrected chi connectivity index (χ4v) is 4.97. The molecule has 26 heavy (non-hydrogen) atoms. The Hall–Kier alpha value is -1.89. The van der Waals surface area contributed by atoms with E-state index in [1.165, 1.54) is 22.0 Å². The lowest BCUT2D eigenvalue weighted by Crippen LogP contribution is -2.37. The van der Waals surface area contributed by atoms with Crippen molar-refractivity contribution in [3.05, 3.63) is 64.7 Å². The number of rotatable bonds is 5. The van der Waals surface area contributed by atoms with Crippen molar-refractivity contribution >= 4 is 27.6 Å². The fourth-order valence-electron chi connectivity index (χ4n) is 3.30.